The van der Waals surface area contributed by atoms with Gasteiger partial charge in [-0.15, -0.1) is 11.3 Å². The molecule has 1 aliphatic heterocycles. The van der Waals surface area contributed by atoms with Crippen LogP contribution in [0.1, 0.15) is 29.4 Å². The molecule has 8 nitrogen and oxygen atoms in total. The third-order valence-electron chi connectivity index (χ3n) is 5.07. The summed E-state index contributed by atoms with van der Waals surface area (Å²) in [5, 5.41) is 9.76. The Morgan fingerprint density at radius 3 is 2.90 bits per heavy atom. The number of hydrogen-bond donors (Lipinski definition) is 1. The summed E-state index contributed by atoms with van der Waals surface area (Å²) in [7, 11) is -3.00. The summed E-state index contributed by atoms with van der Waals surface area (Å²) in [5.41, 5.74) is 4.08. The second kappa shape index (κ2) is 7.68. The maximum absolute atomic E-state index is 12.6. The fourth-order valence-electron chi connectivity index (χ4n) is 3.58. The van der Waals surface area contributed by atoms with Crippen LogP contribution in [-0.2, 0) is 21.1 Å². The van der Waals surface area contributed by atoms with Gasteiger partial charge in [0, 0.05) is 34.6 Å². The number of carbonyl (C=O) groups is 1. The molecule has 1 atom stereocenters. The van der Waals surface area contributed by atoms with Crippen LogP contribution in [0.15, 0.2) is 29.9 Å². The molecule has 1 N–H and O–H groups in total. The largest absolute Gasteiger partial charge is 0.302 e. The molecule has 1 fully saturated rings. The van der Waals surface area contributed by atoms with Crippen molar-refractivity contribution in [3.05, 3.63) is 46.9 Å². The lowest BCUT2D eigenvalue weighted by atomic mass is 10.1. The lowest BCUT2D eigenvalue weighted by molar-refractivity contribution is -0.115. The Labute approximate surface area is 172 Å². The van der Waals surface area contributed by atoms with E-state index in [-0.39, 0.29) is 29.9 Å². The summed E-state index contributed by atoms with van der Waals surface area (Å²) < 4.78 is 25.3. The average Bonchev–Trinajstić information content (AvgIpc) is 3.36. The fraction of sp³-hybridized carbons (Fsp3) is 0.368. The molecule has 29 heavy (non-hydrogen) atoms. The minimum atomic E-state index is -3.00. The fourth-order valence-corrected chi connectivity index (χ4v) is 6.01. The van der Waals surface area contributed by atoms with E-state index in [0.29, 0.717) is 11.6 Å². The van der Waals surface area contributed by atoms with E-state index in [1.807, 2.05) is 31.4 Å². The van der Waals surface area contributed by atoms with Crippen molar-refractivity contribution in [3.8, 4) is 11.3 Å². The predicted molar refractivity (Wildman–Crippen MR) is 112 cm³/mol. The van der Waals surface area contributed by atoms with Crippen molar-refractivity contribution in [2.45, 2.75) is 32.7 Å². The molecule has 0 aromatic carbocycles. The summed E-state index contributed by atoms with van der Waals surface area (Å²) >= 11 is 1.36. The van der Waals surface area contributed by atoms with Crippen LogP contribution in [0, 0.1) is 13.8 Å². The van der Waals surface area contributed by atoms with Crippen LogP contribution in [0.25, 0.3) is 11.3 Å². The van der Waals surface area contributed by atoms with Gasteiger partial charge >= 0.3 is 0 Å². The first-order valence-corrected chi connectivity index (χ1v) is 11.9. The highest BCUT2D eigenvalue weighted by molar-refractivity contribution is 7.91. The molecule has 152 valence electrons. The van der Waals surface area contributed by atoms with Gasteiger partial charge in [-0.3, -0.25) is 14.5 Å². The number of rotatable bonds is 5. The molecule has 4 heterocycles. The molecule has 3 aromatic rings. The average molecular weight is 432 g/mol. The van der Waals surface area contributed by atoms with Gasteiger partial charge in [-0.25, -0.2) is 13.4 Å². The summed E-state index contributed by atoms with van der Waals surface area (Å²) in [6.45, 7) is 3.73. The minimum absolute atomic E-state index is 0.108. The molecule has 1 amide bonds. The van der Waals surface area contributed by atoms with Gasteiger partial charge in [0.2, 0.25) is 5.91 Å². The third-order valence-corrected chi connectivity index (χ3v) is 7.58. The van der Waals surface area contributed by atoms with Gasteiger partial charge in [-0.05, 0) is 32.4 Å². The van der Waals surface area contributed by atoms with Crippen LogP contribution >= 0.6 is 11.3 Å². The smallest absolute Gasteiger partial charge is 0.230 e. The second-order valence-corrected chi connectivity index (χ2v) is 10.2. The quantitative estimate of drug-likeness (QED) is 0.665. The van der Waals surface area contributed by atoms with Crippen LogP contribution < -0.4 is 5.32 Å². The number of thiazole rings is 1. The highest BCUT2D eigenvalue weighted by Gasteiger charge is 2.31. The molecular weight excluding hydrogens is 410 g/mol. The Hall–Kier alpha value is -2.59. The van der Waals surface area contributed by atoms with E-state index in [1.54, 1.807) is 17.1 Å². The molecule has 1 saturated heterocycles. The first-order chi connectivity index (χ1) is 13.8. The Kier molecular flexibility index (Phi) is 5.22. The topological polar surface area (TPSA) is 107 Å². The molecule has 4 rings (SSSR count). The van der Waals surface area contributed by atoms with Gasteiger partial charge in [0.1, 0.15) is 0 Å². The molecule has 0 aliphatic carbocycles. The van der Waals surface area contributed by atoms with Gasteiger partial charge < -0.3 is 5.32 Å². The van der Waals surface area contributed by atoms with Crippen LogP contribution in [0.5, 0.6) is 0 Å². The normalized spacial score (nSPS) is 18.1. The number of carbonyl (C=O) groups excluding carboxylic acids is 1. The lowest BCUT2D eigenvalue weighted by Gasteiger charge is -2.11. The maximum Gasteiger partial charge on any atom is 0.230 e. The minimum Gasteiger partial charge on any atom is -0.302 e. The second-order valence-electron chi connectivity index (χ2n) is 7.16. The zero-order valence-electron chi connectivity index (χ0n) is 16.1. The number of pyridine rings is 1. The van der Waals surface area contributed by atoms with Crippen LogP contribution in [0.2, 0.25) is 0 Å². The van der Waals surface area contributed by atoms with Gasteiger partial charge in [-0.1, -0.05) is 0 Å². The number of nitrogens with one attached hydrogen (secondary N) is 1. The van der Waals surface area contributed by atoms with Crippen LogP contribution in [-0.4, -0.2) is 45.6 Å². The Morgan fingerprint density at radius 1 is 1.38 bits per heavy atom. The Bertz CT molecular complexity index is 1150. The molecule has 0 saturated carbocycles. The predicted octanol–water partition coefficient (Wildman–Crippen LogP) is 2.56. The number of nitrogens with zero attached hydrogens (tertiary/aromatic N) is 4. The Morgan fingerprint density at radius 2 is 2.21 bits per heavy atom. The van der Waals surface area contributed by atoms with Gasteiger partial charge in [0.05, 0.1) is 35.4 Å². The van der Waals surface area contributed by atoms with Crippen molar-refractivity contribution in [2.24, 2.45) is 0 Å². The number of hydrogen-bond acceptors (Lipinski definition) is 7. The molecule has 0 radical (unpaired) electrons. The third kappa shape index (κ3) is 4.23. The number of anilines is 1. The van der Waals surface area contributed by atoms with Crippen molar-refractivity contribution in [3.63, 3.8) is 0 Å². The van der Waals surface area contributed by atoms with E-state index in [4.69, 9.17) is 0 Å². The zero-order valence-corrected chi connectivity index (χ0v) is 17.8. The van der Waals surface area contributed by atoms with E-state index in [9.17, 15) is 13.2 Å². The summed E-state index contributed by atoms with van der Waals surface area (Å²) in [4.78, 5) is 21.1. The van der Waals surface area contributed by atoms with Crippen LogP contribution in [0.4, 0.5) is 5.13 Å². The summed E-state index contributed by atoms with van der Waals surface area (Å²) in [6.07, 6.45) is 4.15. The standard InChI is InChI=1S/C19H21N5O3S2/c1-12-16(13(2)24(23-12)15-5-7-29(26,27)11-15)8-18(25)22-19-21-17(10-28-19)14-4-3-6-20-9-14/h3-4,6,9-10,15H,5,7-8,11H2,1-2H3,(H,21,22,25)/t15-/m0/s1. The number of sulfone groups is 1. The monoisotopic (exact) mass is 431 g/mol. The van der Waals surface area contributed by atoms with Crippen molar-refractivity contribution in [1.29, 1.82) is 0 Å². The number of amides is 1. The molecule has 0 unspecified atom stereocenters. The molecule has 0 bridgehead atoms. The van der Waals surface area contributed by atoms with E-state index >= 15 is 0 Å². The molecule has 3 aromatic heterocycles. The molecule has 0 spiro atoms. The van der Waals surface area contributed by atoms with Gasteiger partial charge in [0.15, 0.2) is 15.0 Å². The van der Waals surface area contributed by atoms with E-state index < -0.39 is 9.84 Å². The van der Waals surface area contributed by atoms with Crippen molar-refractivity contribution >= 4 is 32.2 Å². The highest BCUT2D eigenvalue weighted by atomic mass is 32.2. The van der Waals surface area contributed by atoms with Crippen molar-refractivity contribution in [2.75, 3.05) is 16.8 Å². The first kappa shape index (κ1) is 19.7. The van der Waals surface area contributed by atoms with Crippen LogP contribution in [0.3, 0.4) is 0 Å². The van der Waals surface area contributed by atoms with Gasteiger partial charge in [-0.2, -0.15) is 5.10 Å². The van der Waals surface area contributed by atoms with Crippen molar-refractivity contribution < 1.29 is 13.2 Å². The maximum atomic E-state index is 12.6. The van der Waals surface area contributed by atoms with E-state index in [0.717, 1.165) is 28.2 Å². The Balaban J connectivity index is 1.46. The zero-order chi connectivity index (χ0) is 20.6. The number of aromatic nitrogens is 4. The van der Waals surface area contributed by atoms with E-state index in [1.165, 1.54) is 11.3 Å². The first-order valence-electron chi connectivity index (χ1n) is 9.23. The van der Waals surface area contributed by atoms with Crippen molar-refractivity contribution in [1.82, 2.24) is 19.7 Å². The lowest BCUT2D eigenvalue weighted by Crippen LogP contribution is -2.16. The summed E-state index contributed by atoms with van der Waals surface area (Å²) in [6, 6.07) is 3.60. The SMILES string of the molecule is Cc1nn([C@H]2CCS(=O)(=O)C2)c(C)c1CC(=O)Nc1nc(-c2cccnc2)cs1. The molecule has 1 aliphatic rings. The van der Waals surface area contributed by atoms with Gasteiger partial charge in [0.25, 0.3) is 0 Å². The number of aryl methyl sites for hydroxylation is 1. The van der Waals surface area contributed by atoms with E-state index in [2.05, 4.69) is 20.4 Å². The summed E-state index contributed by atoms with van der Waals surface area (Å²) in [5.74, 6) is 0.119. The molecular formula is C19H21N5O3S2. The highest BCUT2D eigenvalue weighted by Crippen LogP contribution is 2.28. The molecule has 10 heteroatoms.